The van der Waals surface area contributed by atoms with Gasteiger partial charge in [0.25, 0.3) is 0 Å². The number of carbonyl (C=O) groups is 1. The molecule has 1 fully saturated rings. The summed E-state index contributed by atoms with van der Waals surface area (Å²) < 4.78 is 7.72. The van der Waals surface area contributed by atoms with Crippen molar-refractivity contribution in [1.82, 2.24) is 25.4 Å². The predicted octanol–water partition coefficient (Wildman–Crippen LogP) is 2.15. The quantitative estimate of drug-likeness (QED) is 0.826. The van der Waals surface area contributed by atoms with Crippen LogP contribution in [0, 0.1) is 0 Å². The van der Waals surface area contributed by atoms with Crippen LogP contribution in [0.15, 0.2) is 0 Å². The Labute approximate surface area is 143 Å². The van der Waals surface area contributed by atoms with E-state index in [1.807, 2.05) is 0 Å². The minimum absolute atomic E-state index is 0.0908. The summed E-state index contributed by atoms with van der Waals surface area (Å²) in [5.41, 5.74) is 0. The van der Waals surface area contributed by atoms with Crippen LogP contribution in [0.5, 0.6) is 0 Å². The van der Waals surface area contributed by atoms with E-state index in [1.165, 1.54) is 25.7 Å². The smallest absolute Gasteiger partial charge is 0.315 e. The highest BCUT2D eigenvalue weighted by Crippen LogP contribution is 2.20. The lowest BCUT2D eigenvalue weighted by Gasteiger charge is -2.25. The molecule has 7 heteroatoms. The number of urea groups is 1. The van der Waals surface area contributed by atoms with Crippen LogP contribution >= 0.6 is 0 Å². The van der Waals surface area contributed by atoms with E-state index in [1.54, 1.807) is 7.11 Å². The van der Waals surface area contributed by atoms with Crippen LogP contribution in [-0.2, 0) is 24.2 Å². The molecule has 1 aromatic rings. The number of methoxy groups -OCH3 is 1. The Balaban J connectivity index is 1.53. The number of carbonyl (C=O) groups excluding carboxylic acids is 1. The number of aromatic nitrogens is 3. The highest BCUT2D eigenvalue weighted by Gasteiger charge is 2.25. The summed E-state index contributed by atoms with van der Waals surface area (Å²) in [5, 5.41) is 14.5. The summed E-state index contributed by atoms with van der Waals surface area (Å²) in [4.78, 5) is 12.3. The summed E-state index contributed by atoms with van der Waals surface area (Å²) in [5.74, 6) is 1.90. The second kappa shape index (κ2) is 8.46. The van der Waals surface area contributed by atoms with Gasteiger partial charge >= 0.3 is 6.03 Å². The van der Waals surface area contributed by atoms with E-state index in [0.717, 1.165) is 50.3 Å². The van der Waals surface area contributed by atoms with Gasteiger partial charge in [-0.3, -0.25) is 0 Å². The fraction of sp³-hybridized carbons (Fsp3) is 0.824. The Kier molecular flexibility index (Phi) is 6.07. The second-order valence-electron chi connectivity index (χ2n) is 6.84. The molecule has 0 unspecified atom stereocenters. The van der Waals surface area contributed by atoms with Crippen LogP contribution < -0.4 is 10.6 Å². The Hall–Kier alpha value is -1.63. The van der Waals surface area contributed by atoms with Gasteiger partial charge in [0, 0.05) is 20.1 Å². The van der Waals surface area contributed by atoms with Gasteiger partial charge in [0.2, 0.25) is 0 Å². The van der Waals surface area contributed by atoms with E-state index < -0.39 is 0 Å². The van der Waals surface area contributed by atoms with Gasteiger partial charge in [-0.1, -0.05) is 25.7 Å². The molecule has 3 rings (SSSR count). The minimum atomic E-state index is -0.144. The van der Waals surface area contributed by atoms with Gasteiger partial charge in [0.15, 0.2) is 5.82 Å². The topological polar surface area (TPSA) is 81.1 Å². The summed E-state index contributed by atoms with van der Waals surface area (Å²) >= 11 is 0. The van der Waals surface area contributed by atoms with Crippen LogP contribution in [0.4, 0.5) is 4.79 Å². The summed E-state index contributed by atoms with van der Waals surface area (Å²) in [6.07, 6.45) is 10.2. The van der Waals surface area contributed by atoms with Gasteiger partial charge in [0.1, 0.15) is 5.82 Å². The third-order valence-electron chi connectivity index (χ3n) is 5.16. The van der Waals surface area contributed by atoms with Crippen LogP contribution in [0.1, 0.15) is 63.0 Å². The Morgan fingerprint density at radius 3 is 2.88 bits per heavy atom. The fourth-order valence-electron chi connectivity index (χ4n) is 3.78. The molecule has 2 N–H and O–H groups in total. The monoisotopic (exact) mass is 335 g/mol. The molecule has 2 heterocycles. The van der Waals surface area contributed by atoms with E-state index in [2.05, 4.69) is 25.4 Å². The molecular weight excluding hydrogens is 306 g/mol. The van der Waals surface area contributed by atoms with Gasteiger partial charge in [0.05, 0.1) is 18.7 Å². The molecule has 0 radical (unpaired) electrons. The highest BCUT2D eigenvalue weighted by molar-refractivity contribution is 5.74. The zero-order chi connectivity index (χ0) is 16.8. The molecule has 0 bridgehead atoms. The van der Waals surface area contributed by atoms with E-state index in [9.17, 15) is 4.79 Å². The number of ether oxygens (including phenoxy) is 1. The molecular formula is C17H29N5O2. The predicted molar refractivity (Wildman–Crippen MR) is 90.6 cm³/mol. The Morgan fingerprint density at radius 1 is 1.17 bits per heavy atom. The normalized spacial score (nSPS) is 24.5. The standard InChI is InChI=1S/C17H29N5O2/c1-24-14-9-5-2-4-8-13(14)19-17(23)18-12-16-21-20-15-10-6-3-7-11-22(15)16/h13-14H,2-12H2,1H3,(H2,18,19,23)/t13-,14-/m0/s1. The number of hydrogen-bond donors (Lipinski definition) is 2. The van der Waals surface area contributed by atoms with Gasteiger partial charge in [-0.2, -0.15) is 0 Å². The Morgan fingerprint density at radius 2 is 2.00 bits per heavy atom. The third-order valence-corrected chi connectivity index (χ3v) is 5.16. The summed E-state index contributed by atoms with van der Waals surface area (Å²) in [6, 6.07) is -0.0528. The first-order valence-corrected chi connectivity index (χ1v) is 9.26. The largest absolute Gasteiger partial charge is 0.379 e. The van der Waals surface area contributed by atoms with Gasteiger partial charge in [-0.15, -0.1) is 10.2 Å². The number of aryl methyl sites for hydroxylation is 1. The molecule has 1 saturated carbocycles. The van der Waals surface area contributed by atoms with Crippen molar-refractivity contribution in [3.63, 3.8) is 0 Å². The van der Waals surface area contributed by atoms with Gasteiger partial charge in [-0.25, -0.2) is 4.79 Å². The van der Waals surface area contributed by atoms with Crippen molar-refractivity contribution in [1.29, 1.82) is 0 Å². The molecule has 7 nitrogen and oxygen atoms in total. The lowest BCUT2D eigenvalue weighted by Crippen LogP contribution is -2.47. The number of nitrogens with one attached hydrogen (secondary N) is 2. The van der Waals surface area contributed by atoms with Crippen LogP contribution in [0.3, 0.4) is 0 Å². The van der Waals surface area contributed by atoms with Crippen molar-refractivity contribution >= 4 is 6.03 Å². The first-order chi connectivity index (χ1) is 11.8. The molecule has 2 atom stereocenters. The molecule has 1 aliphatic heterocycles. The van der Waals surface area contributed by atoms with E-state index >= 15 is 0 Å². The molecule has 2 amide bonds. The van der Waals surface area contributed by atoms with Crippen molar-refractivity contribution in [3.8, 4) is 0 Å². The van der Waals surface area contributed by atoms with Gasteiger partial charge in [-0.05, 0) is 25.7 Å². The molecule has 24 heavy (non-hydrogen) atoms. The molecule has 2 aliphatic rings. The number of nitrogens with zero attached hydrogens (tertiary/aromatic N) is 3. The zero-order valence-electron chi connectivity index (χ0n) is 14.6. The number of fused-ring (bicyclic) bond motifs is 1. The van der Waals surface area contributed by atoms with Crippen LogP contribution in [0.25, 0.3) is 0 Å². The van der Waals surface area contributed by atoms with E-state index in [4.69, 9.17) is 4.74 Å². The van der Waals surface area contributed by atoms with Crippen molar-refractivity contribution in [2.24, 2.45) is 0 Å². The SMILES string of the molecule is CO[C@H]1CCCCC[C@@H]1NC(=O)NCc1nnc2n1CCCCC2. The lowest BCUT2D eigenvalue weighted by atomic mass is 10.1. The third kappa shape index (κ3) is 4.26. The molecule has 1 aliphatic carbocycles. The minimum Gasteiger partial charge on any atom is -0.379 e. The number of amides is 2. The summed E-state index contributed by atoms with van der Waals surface area (Å²) in [6.45, 7) is 1.37. The van der Waals surface area contributed by atoms with E-state index in [-0.39, 0.29) is 18.2 Å². The average molecular weight is 335 g/mol. The molecule has 0 saturated heterocycles. The number of hydrogen-bond acceptors (Lipinski definition) is 4. The lowest BCUT2D eigenvalue weighted by molar-refractivity contribution is 0.0660. The van der Waals surface area contributed by atoms with Crippen LogP contribution in [0.2, 0.25) is 0 Å². The highest BCUT2D eigenvalue weighted by atomic mass is 16.5. The molecule has 0 aromatic carbocycles. The summed E-state index contributed by atoms with van der Waals surface area (Å²) in [7, 11) is 1.73. The van der Waals surface area contributed by atoms with Crippen molar-refractivity contribution in [2.75, 3.05) is 7.11 Å². The maximum absolute atomic E-state index is 12.3. The maximum Gasteiger partial charge on any atom is 0.315 e. The van der Waals surface area contributed by atoms with Crippen molar-refractivity contribution < 1.29 is 9.53 Å². The zero-order valence-corrected chi connectivity index (χ0v) is 14.6. The molecule has 0 spiro atoms. The Bertz CT molecular complexity index is 545. The first-order valence-electron chi connectivity index (χ1n) is 9.26. The fourth-order valence-corrected chi connectivity index (χ4v) is 3.78. The van der Waals surface area contributed by atoms with Crippen molar-refractivity contribution in [2.45, 2.75) is 83.0 Å². The van der Waals surface area contributed by atoms with Gasteiger partial charge < -0.3 is 19.9 Å². The maximum atomic E-state index is 12.3. The van der Waals surface area contributed by atoms with E-state index in [0.29, 0.717) is 6.54 Å². The number of rotatable bonds is 4. The van der Waals surface area contributed by atoms with Crippen LogP contribution in [-0.4, -0.2) is 40.1 Å². The molecule has 1 aromatic heterocycles. The molecule has 134 valence electrons. The average Bonchev–Trinajstić information content (AvgIpc) is 2.76. The second-order valence-corrected chi connectivity index (χ2v) is 6.84. The first kappa shape index (κ1) is 17.2. The van der Waals surface area contributed by atoms with Crippen molar-refractivity contribution in [3.05, 3.63) is 11.6 Å².